The van der Waals surface area contributed by atoms with E-state index in [4.69, 9.17) is 4.42 Å². The van der Waals surface area contributed by atoms with E-state index < -0.39 is 0 Å². The zero-order valence-electron chi connectivity index (χ0n) is 11.5. The van der Waals surface area contributed by atoms with E-state index in [1.54, 1.807) is 12.3 Å². The maximum atomic E-state index is 12.2. The fraction of sp³-hybridized carbons (Fsp3) is 0.286. The second kappa shape index (κ2) is 5.14. The highest BCUT2D eigenvalue weighted by atomic mass is 16.3. The molecule has 0 unspecified atom stereocenters. The molecule has 2 aromatic rings. The number of carbonyl (C=O) groups excluding carboxylic acids is 1. The normalized spacial score (nSPS) is 10.3. The predicted molar refractivity (Wildman–Crippen MR) is 74.7 cm³/mol. The van der Waals surface area contributed by atoms with Crippen LogP contribution in [0.2, 0.25) is 0 Å². The Bertz CT molecular complexity index is 602. The van der Waals surface area contributed by atoms with E-state index in [1.165, 1.54) is 0 Å². The monoisotopic (exact) mass is 259 g/mol. The molecule has 0 spiro atoms. The standard InChI is InChI=1S/C14H17N3O2/c1-9-8-10(2)19-12(9)14(18)16-11-6-5-7-15-13(11)17(3)4/h5-8H,1-4H3,(H,16,18). The highest BCUT2D eigenvalue weighted by Gasteiger charge is 2.16. The van der Waals surface area contributed by atoms with Crippen molar-refractivity contribution in [1.82, 2.24) is 4.98 Å². The quantitative estimate of drug-likeness (QED) is 0.920. The zero-order valence-corrected chi connectivity index (χ0v) is 11.5. The van der Waals surface area contributed by atoms with Crippen LogP contribution in [0.15, 0.2) is 28.8 Å². The van der Waals surface area contributed by atoms with Crippen LogP contribution in [0.1, 0.15) is 21.9 Å². The van der Waals surface area contributed by atoms with Gasteiger partial charge in [-0.25, -0.2) is 4.98 Å². The van der Waals surface area contributed by atoms with E-state index in [0.717, 1.165) is 11.3 Å². The average Bonchev–Trinajstić information content (AvgIpc) is 2.69. The molecule has 0 radical (unpaired) electrons. The summed E-state index contributed by atoms with van der Waals surface area (Å²) in [5, 5.41) is 2.83. The first-order chi connectivity index (χ1) is 8.99. The van der Waals surface area contributed by atoms with Crippen LogP contribution in [0.4, 0.5) is 11.5 Å². The van der Waals surface area contributed by atoms with Gasteiger partial charge >= 0.3 is 0 Å². The minimum atomic E-state index is -0.262. The van der Waals surface area contributed by atoms with Crippen molar-refractivity contribution >= 4 is 17.4 Å². The lowest BCUT2D eigenvalue weighted by atomic mass is 10.2. The van der Waals surface area contributed by atoms with Gasteiger partial charge in [-0.05, 0) is 32.0 Å². The SMILES string of the molecule is Cc1cc(C)c(C(=O)Nc2cccnc2N(C)C)o1. The maximum Gasteiger partial charge on any atom is 0.291 e. The molecule has 5 nitrogen and oxygen atoms in total. The fourth-order valence-corrected chi connectivity index (χ4v) is 1.90. The van der Waals surface area contributed by atoms with Gasteiger partial charge in [-0.3, -0.25) is 4.79 Å². The van der Waals surface area contributed by atoms with Crippen LogP contribution in [0, 0.1) is 13.8 Å². The second-order valence-electron chi connectivity index (χ2n) is 4.59. The molecule has 1 amide bonds. The Labute approximate surface area is 112 Å². The van der Waals surface area contributed by atoms with Crippen LogP contribution in [0.25, 0.3) is 0 Å². The number of furan rings is 1. The third-order valence-electron chi connectivity index (χ3n) is 2.71. The number of hydrogen-bond acceptors (Lipinski definition) is 4. The number of carbonyl (C=O) groups is 1. The number of nitrogens with zero attached hydrogens (tertiary/aromatic N) is 2. The third kappa shape index (κ3) is 2.76. The van der Waals surface area contributed by atoms with E-state index in [2.05, 4.69) is 10.3 Å². The summed E-state index contributed by atoms with van der Waals surface area (Å²) in [5.74, 6) is 1.51. The van der Waals surface area contributed by atoms with E-state index in [-0.39, 0.29) is 5.91 Å². The minimum Gasteiger partial charge on any atom is -0.456 e. The van der Waals surface area contributed by atoms with Gasteiger partial charge in [0.2, 0.25) is 0 Å². The summed E-state index contributed by atoms with van der Waals surface area (Å²) in [5.41, 5.74) is 1.48. The number of aromatic nitrogens is 1. The number of aryl methyl sites for hydroxylation is 2. The molecular formula is C14H17N3O2. The van der Waals surface area contributed by atoms with E-state index in [9.17, 15) is 4.79 Å². The van der Waals surface area contributed by atoms with E-state index in [1.807, 2.05) is 45.0 Å². The lowest BCUT2D eigenvalue weighted by molar-refractivity contribution is 0.0994. The molecule has 100 valence electrons. The molecule has 0 bridgehead atoms. The summed E-state index contributed by atoms with van der Waals surface area (Å²) in [7, 11) is 3.75. The molecule has 0 saturated heterocycles. The van der Waals surface area contributed by atoms with E-state index >= 15 is 0 Å². The van der Waals surface area contributed by atoms with Gasteiger partial charge < -0.3 is 14.6 Å². The average molecular weight is 259 g/mol. The van der Waals surface area contributed by atoms with Crippen molar-refractivity contribution in [3.8, 4) is 0 Å². The topological polar surface area (TPSA) is 58.4 Å². The lowest BCUT2D eigenvalue weighted by Crippen LogP contribution is -2.17. The molecule has 0 aromatic carbocycles. The number of pyridine rings is 1. The fourth-order valence-electron chi connectivity index (χ4n) is 1.90. The predicted octanol–water partition coefficient (Wildman–Crippen LogP) is 2.61. The van der Waals surface area contributed by atoms with Gasteiger partial charge in [-0.1, -0.05) is 0 Å². The molecule has 2 heterocycles. The molecular weight excluding hydrogens is 242 g/mol. The highest BCUT2D eigenvalue weighted by molar-refractivity contribution is 6.04. The van der Waals surface area contributed by atoms with Crippen molar-refractivity contribution in [2.75, 3.05) is 24.3 Å². The number of amides is 1. The first-order valence-electron chi connectivity index (χ1n) is 5.99. The Morgan fingerprint density at radius 3 is 2.68 bits per heavy atom. The summed E-state index contributed by atoms with van der Waals surface area (Å²) < 4.78 is 5.40. The van der Waals surface area contributed by atoms with Gasteiger partial charge in [-0.15, -0.1) is 0 Å². The maximum absolute atomic E-state index is 12.2. The summed E-state index contributed by atoms with van der Waals surface area (Å²) in [4.78, 5) is 18.2. The number of hydrogen-bond donors (Lipinski definition) is 1. The number of nitrogens with one attached hydrogen (secondary N) is 1. The van der Waals surface area contributed by atoms with Gasteiger partial charge in [0.15, 0.2) is 11.6 Å². The largest absolute Gasteiger partial charge is 0.456 e. The van der Waals surface area contributed by atoms with Crippen LogP contribution in [0.5, 0.6) is 0 Å². The third-order valence-corrected chi connectivity index (χ3v) is 2.71. The van der Waals surface area contributed by atoms with Crippen molar-refractivity contribution in [3.63, 3.8) is 0 Å². The van der Waals surface area contributed by atoms with Crippen molar-refractivity contribution in [2.45, 2.75) is 13.8 Å². The van der Waals surface area contributed by atoms with Gasteiger partial charge in [-0.2, -0.15) is 0 Å². The van der Waals surface area contributed by atoms with Crippen LogP contribution in [-0.2, 0) is 0 Å². The van der Waals surface area contributed by atoms with Gasteiger partial charge in [0.1, 0.15) is 5.76 Å². The molecule has 2 rings (SSSR count). The van der Waals surface area contributed by atoms with Crippen LogP contribution in [-0.4, -0.2) is 25.0 Å². The summed E-state index contributed by atoms with van der Waals surface area (Å²) in [6.07, 6.45) is 1.69. The molecule has 2 aromatic heterocycles. The molecule has 0 aliphatic rings. The molecule has 0 aliphatic carbocycles. The summed E-state index contributed by atoms with van der Waals surface area (Å²) >= 11 is 0. The van der Waals surface area contributed by atoms with Crippen LogP contribution in [0.3, 0.4) is 0 Å². The molecule has 19 heavy (non-hydrogen) atoms. The molecule has 1 N–H and O–H groups in total. The zero-order chi connectivity index (χ0) is 14.0. The van der Waals surface area contributed by atoms with Crippen LogP contribution < -0.4 is 10.2 Å². The smallest absolute Gasteiger partial charge is 0.291 e. The van der Waals surface area contributed by atoms with E-state index in [0.29, 0.717) is 17.3 Å². The van der Waals surface area contributed by atoms with Crippen molar-refractivity contribution < 1.29 is 9.21 Å². The van der Waals surface area contributed by atoms with Crippen LogP contribution >= 0.6 is 0 Å². The molecule has 0 saturated carbocycles. The first kappa shape index (κ1) is 13.1. The molecule has 0 fully saturated rings. The molecule has 0 atom stereocenters. The minimum absolute atomic E-state index is 0.262. The number of anilines is 2. The first-order valence-corrected chi connectivity index (χ1v) is 5.99. The van der Waals surface area contributed by atoms with Gasteiger partial charge in [0.05, 0.1) is 5.69 Å². The Morgan fingerprint density at radius 2 is 2.11 bits per heavy atom. The second-order valence-corrected chi connectivity index (χ2v) is 4.59. The summed E-state index contributed by atoms with van der Waals surface area (Å²) in [6, 6.07) is 5.43. The Morgan fingerprint density at radius 1 is 1.37 bits per heavy atom. The lowest BCUT2D eigenvalue weighted by Gasteiger charge is -2.15. The van der Waals surface area contributed by atoms with Crippen molar-refractivity contribution in [1.29, 1.82) is 0 Å². The molecule has 0 aliphatic heterocycles. The molecule has 5 heteroatoms. The van der Waals surface area contributed by atoms with Crippen molar-refractivity contribution in [2.24, 2.45) is 0 Å². The summed E-state index contributed by atoms with van der Waals surface area (Å²) in [6.45, 7) is 3.67. The Hall–Kier alpha value is -2.30. The Balaban J connectivity index is 2.27. The Kier molecular flexibility index (Phi) is 3.55. The van der Waals surface area contributed by atoms with Gasteiger partial charge in [0.25, 0.3) is 5.91 Å². The number of rotatable bonds is 3. The van der Waals surface area contributed by atoms with Gasteiger partial charge in [0, 0.05) is 25.9 Å². The highest BCUT2D eigenvalue weighted by Crippen LogP contribution is 2.22. The van der Waals surface area contributed by atoms with Crippen molar-refractivity contribution in [3.05, 3.63) is 41.5 Å².